The number of aliphatic imine (C=N–C) groups is 1. The zero-order valence-electron chi connectivity index (χ0n) is 15.5. The van der Waals surface area contributed by atoms with Crippen LogP contribution in [0.5, 0.6) is 0 Å². The molecule has 24 heavy (non-hydrogen) atoms. The Balaban J connectivity index is 0.00000169. The normalized spacial score (nSPS) is 37.0. The van der Waals surface area contributed by atoms with Crippen LogP contribution in [0.1, 0.15) is 52.4 Å². The van der Waals surface area contributed by atoms with E-state index in [2.05, 4.69) is 29.1 Å². The standard InChI is InChI=1S/C19H33N3O.HI/c1-13(2)11-14-5-9-22(12-14)18(20-3)21-16-15-6-10-23-17(15)19(16)7-4-8-19;/h13-17H,4-12H2,1-3H3,(H,20,21);1H. The van der Waals surface area contributed by atoms with E-state index in [1.165, 1.54) is 51.6 Å². The summed E-state index contributed by atoms with van der Waals surface area (Å²) in [5.74, 6) is 3.52. The SMILES string of the molecule is CN=C(NC1C2CCOC2C12CCC2)N1CCC(CC(C)C)C1.I. The average Bonchev–Trinajstić information content (AvgIpc) is 3.06. The maximum absolute atomic E-state index is 6.05. The van der Waals surface area contributed by atoms with E-state index in [0.29, 0.717) is 17.6 Å². The van der Waals surface area contributed by atoms with Crippen LogP contribution in [-0.4, -0.2) is 49.7 Å². The van der Waals surface area contributed by atoms with Crippen LogP contribution < -0.4 is 5.32 Å². The number of nitrogens with one attached hydrogen (secondary N) is 1. The maximum atomic E-state index is 6.05. The molecular formula is C19H34IN3O. The Bertz CT molecular complexity index is 477. The quantitative estimate of drug-likeness (QED) is 0.409. The van der Waals surface area contributed by atoms with Crippen molar-refractivity contribution in [3.63, 3.8) is 0 Å². The van der Waals surface area contributed by atoms with Gasteiger partial charge in [-0.05, 0) is 43.9 Å². The Hall–Kier alpha value is -0.0400. The minimum atomic E-state index is 0. The van der Waals surface area contributed by atoms with Gasteiger partial charge in [0.1, 0.15) is 0 Å². The third-order valence-electron chi connectivity index (χ3n) is 6.92. The minimum absolute atomic E-state index is 0. The fourth-order valence-electron chi connectivity index (χ4n) is 5.78. The number of guanidine groups is 1. The minimum Gasteiger partial charge on any atom is -0.377 e. The first-order chi connectivity index (χ1) is 11.1. The molecule has 138 valence electrons. The second kappa shape index (κ2) is 7.29. The van der Waals surface area contributed by atoms with E-state index < -0.39 is 0 Å². The van der Waals surface area contributed by atoms with Crippen molar-refractivity contribution in [1.29, 1.82) is 0 Å². The lowest BCUT2D eigenvalue weighted by atomic mass is 9.46. The van der Waals surface area contributed by atoms with Crippen molar-refractivity contribution < 1.29 is 4.74 Å². The predicted molar refractivity (Wildman–Crippen MR) is 109 cm³/mol. The highest BCUT2D eigenvalue weighted by atomic mass is 127. The van der Waals surface area contributed by atoms with Gasteiger partial charge in [0.25, 0.3) is 0 Å². The molecule has 4 fully saturated rings. The van der Waals surface area contributed by atoms with Gasteiger partial charge >= 0.3 is 0 Å². The van der Waals surface area contributed by atoms with Crippen molar-refractivity contribution in [1.82, 2.24) is 10.2 Å². The molecule has 4 unspecified atom stereocenters. The van der Waals surface area contributed by atoms with Gasteiger partial charge in [0.2, 0.25) is 0 Å². The predicted octanol–water partition coefficient (Wildman–Crippen LogP) is 3.51. The fourth-order valence-corrected chi connectivity index (χ4v) is 5.78. The molecule has 2 saturated carbocycles. The molecule has 0 aromatic rings. The first-order valence-electron chi connectivity index (χ1n) is 9.74. The molecule has 4 rings (SSSR count). The first-order valence-corrected chi connectivity index (χ1v) is 9.74. The molecule has 0 radical (unpaired) electrons. The van der Waals surface area contributed by atoms with Crippen LogP contribution in [0.4, 0.5) is 0 Å². The molecule has 0 aromatic heterocycles. The average molecular weight is 447 g/mol. The lowest BCUT2D eigenvalue weighted by Gasteiger charge is -2.63. The lowest BCUT2D eigenvalue weighted by Crippen LogP contribution is -2.72. The molecule has 2 saturated heterocycles. The number of rotatable bonds is 3. The van der Waals surface area contributed by atoms with Gasteiger partial charge in [0.15, 0.2) is 5.96 Å². The highest BCUT2D eigenvalue weighted by Gasteiger charge is 2.66. The molecule has 0 amide bonds. The third-order valence-corrected chi connectivity index (χ3v) is 6.92. The van der Waals surface area contributed by atoms with Crippen molar-refractivity contribution in [3.05, 3.63) is 0 Å². The molecule has 4 nitrogen and oxygen atoms in total. The number of hydrogen-bond donors (Lipinski definition) is 1. The van der Waals surface area contributed by atoms with Crippen molar-refractivity contribution in [2.75, 3.05) is 26.7 Å². The van der Waals surface area contributed by atoms with E-state index >= 15 is 0 Å². The van der Waals surface area contributed by atoms with Gasteiger partial charge in [-0.1, -0.05) is 20.3 Å². The van der Waals surface area contributed by atoms with Gasteiger partial charge in [0, 0.05) is 44.1 Å². The molecule has 2 aliphatic heterocycles. The Kier molecular flexibility index (Phi) is 5.70. The molecule has 4 aliphatic rings. The number of nitrogens with zero attached hydrogens (tertiary/aromatic N) is 2. The Morgan fingerprint density at radius 1 is 1.33 bits per heavy atom. The Morgan fingerprint density at radius 2 is 2.12 bits per heavy atom. The Morgan fingerprint density at radius 3 is 2.75 bits per heavy atom. The molecule has 4 atom stereocenters. The zero-order valence-corrected chi connectivity index (χ0v) is 17.8. The van der Waals surface area contributed by atoms with Gasteiger partial charge in [-0.15, -0.1) is 24.0 Å². The molecule has 2 heterocycles. The van der Waals surface area contributed by atoms with E-state index in [4.69, 9.17) is 4.74 Å². The summed E-state index contributed by atoms with van der Waals surface area (Å²) >= 11 is 0. The van der Waals surface area contributed by atoms with Crippen molar-refractivity contribution in [2.45, 2.75) is 64.5 Å². The molecule has 1 spiro atoms. The number of hydrogen-bond acceptors (Lipinski definition) is 2. The monoisotopic (exact) mass is 447 g/mol. The van der Waals surface area contributed by atoms with Crippen LogP contribution >= 0.6 is 24.0 Å². The smallest absolute Gasteiger partial charge is 0.193 e. The fraction of sp³-hybridized carbons (Fsp3) is 0.947. The van der Waals surface area contributed by atoms with Crippen LogP contribution in [0, 0.1) is 23.2 Å². The summed E-state index contributed by atoms with van der Waals surface area (Å²) in [7, 11) is 1.95. The topological polar surface area (TPSA) is 36.9 Å². The van der Waals surface area contributed by atoms with Crippen LogP contribution in [0.2, 0.25) is 0 Å². The third kappa shape index (κ3) is 2.97. The number of fused-ring (bicyclic) bond motifs is 2. The van der Waals surface area contributed by atoms with E-state index in [0.717, 1.165) is 30.3 Å². The molecule has 5 heteroatoms. The molecule has 1 N–H and O–H groups in total. The lowest BCUT2D eigenvalue weighted by molar-refractivity contribution is -0.171. The summed E-state index contributed by atoms with van der Waals surface area (Å²) in [4.78, 5) is 7.14. The summed E-state index contributed by atoms with van der Waals surface area (Å²) in [6.45, 7) is 7.99. The summed E-state index contributed by atoms with van der Waals surface area (Å²) < 4.78 is 6.05. The van der Waals surface area contributed by atoms with E-state index in [1.807, 2.05) is 7.05 Å². The highest BCUT2D eigenvalue weighted by molar-refractivity contribution is 14.0. The van der Waals surface area contributed by atoms with Crippen LogP contribution in [-0.2, 0) is 4.74 Å². The summed E-state index contributed by atoms with van der Waals surface area (Å²) in [6, 6.07) is 0.603. The second-order valence-electron chi connectivity index (χ2n) is 8.73. The van der Waals surface area contributed by atoms with Crippen molar-refractivity contribution in [3.8, 4) is 0 Å². The van der Waals surface area contributed by atoms with Crippen molar-refractivity contribution in [2.24, 2.45) is 28.2 Å². The Labute approximate surface area is 164 Å². The van der Waals surface area contributed by atoms with Gasteiger partial charge < -0.3 is 15.0 Å². The van der Waals surface area contributed by atoms with Gasteiger partial charge in [-0.25, -0.2) is 0 Å². The highest BCUT2D eigenvalue weighted by Crippen LogP contribution is 2.62. The van der Waals surface area contributed by atoms with Gasteiger partial charge in [0.05, 0.1) is 6.10 Å². The van der Waals surface area contributed by atoms with E-state index in [-0.39, 0.29) is 24.0 Å². The van der Waals surface area contributed by atoms with Gasteiger partial charge in [-0.2, -0.15) is 0 Å². The van der Waals surface area contributed by atoms with Crippen molar-refractivity contribution >= 4 is 29.9 Å². The van der Waals surface area contributed by atoms with Crippen LogP contribution in [0.25, 0.3) is 0 Å². The first kappa shape index (κ1) is 18.7. The van der Waals surface area contributed by atoms with Gasteiger partial charge in [-0.3, -0.25) is 4.99 Å². The summed E-state index contributed by atoms with van der Waals surface area (Å²) in [5.41, 5.74) is 0.439. The van der Waals surface area contributed by atoms with Crippen LogP contribution in [0.3, 0.4) is 0 Å². The maximum Gasteiger partial charge on any atom is 0.193 e. The van der Waals surface area contributed by atoms with E-state index in [1.54, 1.807) is 0 Å². The summed E-state index contributed by atoms with van der Waals surface area (Å²) in [5, 5.41) is 3.88. The number of likely N-dealkylation sites (tertiary alicyclic amines) is 1. The number of ether oxygens (including phenoxy) is 1. The molecular weight excluding hydrogens is 413 g/mol. The zero-order chi connectivity index (χ0) is 16.0. The number of halogens is 1. The molecule has 2 aliphatic carbocycles. The van der Waals surface area contributed by atoms with Crippen LogP contribution in [0.15, 0.2) is 4.99 Å². The molecule has 0 bridgehead atoms. The van der Waals surface area contributed by atoms with E-state index in [9.17, 15) is 0 Å². The largest absolute Gasteiger partial charge is 0.377 e. The molecule has 0 aromatic carbocycles. The second-order valence-corrected chi connectivity index (χ2v) is 8.73. The summed E-state index contributed by atoms with van der Waals surface area (Å²) in [6.07, 6.45) is 8.51.